The molecule has 0 bridgehead atoms. The van der Waals surface area contributed by atoms with E-state index in [1.807, 2.05) is 19.1 Å². The zero-order valence-corrected chi connectivity index (χ0v) is 23.7. The highest BCUT2D eigenvalue weighted by atomic mass is 32.2. The van der Waals surface area contributed by atoms with E-state index in [2.05, 4.69) is 0 Å². The zero-order chi connectivity index (χ0) is 29.8. The number of hydrogen-bond donors (Lipinski definition) is 0. The van der Waals surface area contributed by atoms with Crippen LogP contribution in [0.3, 0.4) is 0 Å². The summed E-state index contributed by atoms with van der Waals surface area (Å²) in [5.74, 6) is -3.91. The maximum Gasteiger partial charge on any atom is 0.417 e. The normalized spacial score (nSPS) is 25.1. The Hall–Kier alpha value is -3.65. The number of nitrogens with zero attached hydrogens (tertiary/aromatic N) is 1. The Labute approximate surface area is 234 Å². The van der Waals surface area contributed by atoms with E-state index >= 15 is 0 Å². The molecule has 2 amide bonds. The number of rotatable bonds is 9. The number of carbonyl (C=O) groups is 6. The fourth-order valence-electron chi connectivity index (χ4n) is 4.61. The summed E-state index contributed by atoms with van der Waals surface area (Å²) in [5, 5.41) is 0. The molecule has 3 rings (SSSR count). The molecule has 2 heterocycles. The number of methoxy groups -OCH3 is 1. The lowest BCUT2D eigenvalue weighted by Gasteiger charge is -2.46. The molecule has 6 atom stereocenters. The molecular formula is C26H31NO12S. The second kappa shape index (κ2) is 12.7. The van der Waals surface area contributed by atoms with E-state index in [1.54, 1.807) is 12.1 Å². The van der Waals surface area contributed by atoms with Crippen LogP contribution in [0.4, 0.5) is 4.79 Å². The first-order valence-electron chi connectivity index (χ1n) is 12.3. The van der Waals surface area contributed by atoms with Crippen LogP contribution in [0.2, 0.25) is 0 Å². The summed E-state index contributed by atoms with van der Waals surface area (Å²) < 4.78 is 32.9. The molecule has 1 aromatic rings. The van der Waals surface area contributed by atoms with Gasteiger partial charge < -0.3 is 28.4 Å². The Morgan fingerprint density at radius 1 is 1.02 bits per heavy atom. The van der Waals surface area contributed by atoms with Gasteiger partial charge in [0.15, 0.2) is 12.2 Å². The SMILES string of the molecule is COC(=O)[C@]1(Sc2ccc(C)cc2)C[C@@H]2OC(=O)N(C(C)=O)[C@H]2[C@H]([C@H](OC(C)=O)[C@@H](COC(C)=O)OC(C)=O)O1. The van der Waals surface area contributed by atoms with Gasteiger partial charge in [0.25, 0.3) is 0 Å². The maximum absolute atomic E-state index is 13.3. The second-order valence-electron chi connectivity index (χ2n) is 9.27. The number of imide groups is 1. The van der Waals surface area contributed by atoms with E-state index in [4.69, 9.17) is 28.4 Å². The number of ether oxygens (including phenoxy) is 6. The lowest BCUT2D eigenvalue weighted by molar-refractivity contribution is -0.219. The highest BCUT2D eigenvalue weighted by Gasteiger charge is 2.63. The second-order valence-corrected chi connectivity index (χ2v) is 10.6. The predicted molar refractivity (Wildman–Crippen MR) is 136 cm³/mol. The lowest BCUT2D eigenvalue weighted by Crippen LogP contribution is -2.65. The third-order valence-electron chi connectivity index (χ3n) is 6.16. The van der Waals surface area contributed by atoms with Crippen molar-refractivity contribution in [2.45, 2.75) is 81.3 Å². The van der Waals surface area contributed by atoms with Crippen molar-refractivity contribution < 1.29 is 57.2 Å². The van der Waals surface area contributed by atoms with Gasteiger partial charge in [0, 0.05) is 39.0 Å². The Kier molecular flexibility index (Phi) is 9.79. The van der Waals surface area contributed by atoms with Gasteiger partial charge in [-0.2, -0.15) is 0 Å². The van der Waals surface area contributed by atoms with Gasteiger partial charge in [-0.1, -0.05) is 29.5 Å². The molecule has 40 heavy (non-hydrogen) atoms. The van der Waals surface area contributed by atoms with Gasteiger partial charge in [0.05, 0.1) is 7.11 Å². The third kappa shape index (κ3) is 6.91. The highest BCUT2D eigenvalue weighted by molar-refractivity contribution is 8.01. The van der Waals surface area contributed by atoms with Crippen LogP contribution in [0.15, 0.2) is 29.2 Å². The standard InChI is InChI=1S/C26H31NO12S/c1-13-7-9-18(10-8-13)40-26(24(32)34-6)11-19-21(27(14(2)28)25(33)38-19)23(39-26)22(37-17(5)31)20(36-16(4)30)12-35-15(3)29/h7-10,19-23H,11-12H2,1-6H3/t19-,20+,21+,22+,23+,26+/m0/s1. The Morgan fingerprint density at radius 3 is 2.17 bits per heavy atom. The van der Waals surface area contributed by atoms with Crippen LogP contribution in [-0.4, -0.2) is 89.9 Å². The molecule has 0 aliphatic carbocycles. The van der Waals surface area contributed by atoms with Gasteiger partial charge in [0.1, 0.15) is 24.9 Å². The van der Waals surface area contributed by atoms with Gasteiger partial charge >= 0.3 is 30.0 Å². The Morgan fingerprint density at radius 2 is 1.65 bits per heavy atom. The van der Waals surface area contributed by atoms with E-state index in [0.29, 0.717) is 4.90 Å². The number of esters is 4. The first kappa shape index (κ1) is 30.9. The Balaban J connectivity index is 2.18. The summed E-state index contributed by atoms with van der Waals surface area (Å²) in [5.41, 5.74) is 0.963. The molecule has 2 aliphatic rings. The highest BCUT2D eigenvalue weighted by Crippen LogP contribution is 2.48. The fourth-order valence-corrected chi connectivity index (χ4v) is 5.84. The summed E-state index contributed by atoms with van der Waals surface area (Å²) >= 11 is 0.972. The van der Waals surface area contributed by atoms with Crippen molar-refractivity contribution in [1.82, 2.24) is 4.90 Å². The average Bonchev–Trinajstić information content (AvgIpc) is 3.20. The molecule has 0 aromatic heterocycles. The summed E-state index contributed by atoms with van der Waals surface area (Å²) in [6.07, 6.45) is -6.84. The first-order valence-corrected chi connectivity index (χ1v) is 13.1. The van der Waals surface area contributed by atoms with Crippen molar-refractivity contribution in [1.29, 1.82) is 0 Å². The number of benzene rings is 1. The number of fused-ring (bicyclic) bond motifs is 1. The van der Waals surface area contributed by atoms with Crippen LogP contribution in [0.1, 0.15) is 39.7 Å². The van der Waals surface area contributed by atoms with E-state index in [1.165, 1.54) is 0 Å². The van der Waals surface area contributed by atoms with Crippen molar-refractivity contribution >= 4 is 47.6 Å². The molecule has 0 spiro atoms. The minimum absolute atomic E-state index is 0.232. The van der Waals surface area contributed by atoms with Crippen LogP contribution in [0.25, 0.3) is 0 Å². The van der Waals surface area contributed by atoms with E-state index in [-0.39, 0.29) is 6.42 Å². The van der Waals surface area contributed by atoms with Crippen molar-refractivity contribution in [3.63, 3.8) is 0 Å². The topological polar surface area (TPSA) is 161 Å². The van der Waals surface area contributed by atoms with Crippen LogP contribution in [0, 0.1) is 6.92 Å². The summed E-state index contributed by atoms with van der Waals surface area (Å²) in [4.78, 5) is 74.1. The van der Waals surface area contributed by atoms with Crippen LogP contribution >= 0.6 is 11.8 Å². The number of thioether (sulfide) groups is 1. The minimum atomic E-state index is -1.86. The van der Waals surface area contributed by atoms with Gasteiger partial charge in [-0.15, -0.1) is 0 Å². The number of hydrogen-bond acceptors (Lipinski definition) is 13. The number of amides is 2. The lowest BCUT2D eigenvalue weighted by atomic mass is 9.89. The summed E-state index contributed by atoms with van der Waals surface area (Å²) in [6.45, 7) is 5.76. The molecule has 218 valence electrons. The van der Waals surface area contributed by atoms with Gasteiger partial charge in [-0.3, -0.25) is 19.2 Å². The van der Waals surface area contributed by atoms with E-state index in [9.17, 15) is 28.8 Å². The van der Waals surface area contributed by atoms with Crippen molar-refractivity contribution in [2.75, 3.05) is 13.7 Å². The fraction of sp³-hybridized carbons (Fsp3) is 0.538. The van der Waals surface area contributed by atoms with Crippen LogP contribution < -0.4 is 0 Å². The van der Waals surface area contributed by atoms with Crippen molar-refractivity contribution in [3.8, 4) is 0 Å². The average molecular weight is 582 g/mol. The molecular weight excluding hydrogens is 550 g/mol. The molecule has 0 saturated carbocycles. The van der Waals surface area contributed by atoms with Crippen molar-refractivity contribution in [3.05, 3.63) is 29.8 Å². The molecule has 2 fully saturated rings. The van der Waals surface area contributed by atoms with Crippen LogP contribution in [0.5, 0.6) is 0 Å². The molecule has 14 heteroatoms. The maximum atomic E-state index is 13.3. The Bertz CT molecular complexity index is 1170. The molecule has 13 nitrogen and oxygen atoms in total. The van der Waals surface area contributed by atoms with Gasteiger partial charge in [0.2, 0.25) is 10.8 Å². The monoisotopic (exact) mass is 581 g/mol. The smallest absolute Gasteiger partial charge is 0.417 e. The van der Waals surface area contributed by atoms with Gasteiger partial charge in [-0.25, -0.2) is 14.5 Å². The molecule has 1 aromatic carbocycles. The molecule has 2 saturated heterocycles. The van der Waals surface area contributed by atoms with Crippen molar-refractivity contribution in [2.24, 2.45) is 0 Å². The molecule has 2 aliphatic heterocycles. The summed E-state index contributed by atoms with van der Waals surface area (Å²) in [6, 6.07) is 5.94. The largest absolute Gasteiger partial charge is 0.466 e. The van der Waals surface area contributed by atoms with E-state index < -0.39 is 77.9 Å². The molecule has 0 N–H and O–H groups in total. The molecule has 0 unspecified atom stereocenters. The minimum Gasteiger partial charge on any atom is -0.466 e. The quantitative estimate of drug-likeness (QED) is 0.307. The van der Waals surface area contributed by atoms with Gasteiger partial charge in [-0.05, 0) is 19.1 Å². The predicted octanol–water partition coefficient (Wildman–Crippen LogP) is 1.91. The van der Waals surface area contributed by atoms with Crippen LogP contribution in [-0.2, 0) is 52.4 Å². The number of aryl methyl sites for hydroxylation is 1. The third-order valence-corrected chi connectivity index (χ3v) is 7.43. The summed E-state index contributed by atoms with van der Waals surface area (Å²) in [7, 11) is 1.15. The zero-order valence-electron chi connectivity index (χ0n) is 22.9. The molecule has 0 radical (unpaired) electrons. The first-order chi connectivity index (χ1) is 18.8. The van der Waals surface area contributed by atoms with E-state index in [0.717, 1.165) is 57.0 Å². The number of carbonyl (C=O) groups excluding carboxylic acids is 6.